The molecule has 2 bridgehead atoms. The lowest BCUT2D eigenvalue weighted by Crippen LogP contribution is -2.53. The molecule has 1 aromatic carbocycles. The second-order valence-corrected chi connectivity index (χ2v) is 6.19. The summed E-state index contributed by atoms with van der Waals surface area (Å²) in [7, 11) is 0. The van der Waals surface area contributed by atoms with Gasteiger partial charge < -0.3 is 0 Å². The molecule has 0 N–H and O–H groups in total. The quantitative estimate of drug-likeness (QED) is 0.827. The van der Waals surface area contributed by atoms with E-state index in [0.29, 0.717) is 23.8 Å². The van der Waals surface area contributed by atoms with Gasteiger partial charge in [0.1, 0.15) is 5.78 Å². The van der Waals surface area contributed by atoms with E-state index in [4.69, 9.17) is 0 Å². The van der Waals surface area contributed by atoms with E-state index in [1.54, 1.807) is 0 Å². The normalized spacial score (nSPS) is 29.2. The maximum Gasteiger partial charge on any atom is 0.136 e. The number of Topliss-reactive ketones (excluding diaryl/α,β-unsaturated/α-hetero) is 1. The molecule has 19 heavy (non-hydrogen) atoms. The standard InChI is InChI=1S/C17H23NO/c1-13(14-6-3-2-4-7-14)12-18-15-8-5-9-16(18)11-17(19)10-15/h2-4,6-7,13,15-16H,5,8-12H2,1H3. The van der Waals surface area contributed by atoms with Crippen molar-refractivity contribution < 1.29 is 4.79 Å². The molecule has 1 aromatic rings. The van der Waals surface area contributed by atoms with E-state index in [9.17, 15) is 4.79 Å². The number of carbonyl (C=O) groups is 1. The van der Waals surface area contributed by atoms with Gasteiger partial charge in [-0.05, 0) is 24.3 Å². The zero-order valence-corrected chi connectivity index (χ0v) is 11.7. The molecule has 0 aromatic heterocycles. The third-order valence-electron chi connectivity index (χ3n) is 4.79. The predicted octanol–water partition coefficient (Wildman–Crippen LogP) is 3.38. The van der Waals surface area contributed by atoms with Gasteiger partial charge in [0, 0.05) is 31.5 Å². The van der Waals surface area contributed by atoms with Crippen LogP contribution in [0.2, 0.25) is 0 Å². The molecule has 2 heterocycles. The minimum atomic E-state index is 0.485. The molecule has 2 heteroatoms. The van der Waals surface area contributed by atoms with Crippen LogP contribution in [0.1, 0.15) is 50.5 Å². The number of carbonyl (C=O) groups excluding carboxylic acids is 1. The number of ketones is 1. The first-order valence-corrected chi connectivity index (χ1v) is 7.56. The van der Waals surface area contributed by atoms with Crippen molar-refractivity contribution in [3.05, 3.63) is 35.9 Å². The summed E-state index contributed by atoms with van der Waals surface area (Å²) in [6.45, 7) is 3.41. The van der Waals surface area contributed by atoms with E-state index in [2.05, 4.69) is 42.2 Å². The lowest BCUT2D eigenvalue weighted by Gasteiger charge is -2.46. The van der Waals surface area contributed by atoms with Gasteiger partial charge in [0.2, 0.25) is 0 Å². The number of nitrogens with zero attached hydrogens (tertiary/aromatic N) is 1. The fraction of sp³-hybridized carbons (Fsp3) is 0.588. The summed E-state index contributed by atoms with van der Waals surface area (Å²) in [5.74, 6) is 1.04. The highest BCUT2D eigenvalue weighted by molar-refractivity contribution is 5.80. The highest BCUT2D eigenvalue weighted by atomic mass is 16.1. The number of hydrogen-bond donors (Lipinski definition) is 0. The van der Waals surface area contributed by atoms with Crippen molar-refractivity contribution in [1.82, 2.24) is 4.90 Å². The second kappa shape index (κ2) is 5.46. The van der Waals surface area contributed by atoms with Crippen molar-refractivity contribution in [3.63, 3.8) is 0 Å². The van der Waals surface area contributed by atoms with Crippen LogP contribution < -0.4 is 0 Å². The molecule has 0 saturated carbocycles. The maximum absolute atomic E-state index is 11.8. The Bertz CT molecular complexity index is 426. The summed E-state index contributed by atoms with van der Waals surface area (Å²) >= 11 is 0. The van der Waals surface area contributed by atoms with Crippen molar-refractivity contribution in [2.45, 2.75) is 57.0 Å². The Labute approximate surface area is 115 Å². The molecule has 3 rings (SSSR count). The van der Waals surface area contributed by atoms with Crippen LogP contribution in [-0.2, 0) is 4.79 Å². The first kappa shape index (κ1) is 12.9. The zero-order valence-electron chi connectivity index (χ0n) is 11.7. The molecule has 2 fully saturated rings. The first-order chi connectivity index (χ1) is 9.24. The molecular formula is C17H23NO. The van der Waals surface area contributed by atoms with Gasteiger partial charge >= 0.3 is 0 Å². The average Bonchev–Trinajstić information content (AvgIpc) is 2.41. The molecule has 2 aliphatic rings. The topological polar surface area (TPSA) is 20.3 Å². The van der Waals surface area contributed by atoms with Crippen molar-refractivity contribution in [1.29, 1.82) is 0 Å². The highest BCUT2D eigenvalue weighted by Gasteiger charge is 2.37. The smallest absolute Gasteiger partial charge is 0.136 e. The molecule has 0 radical (unpaired) electrons. The molecule has 102 valence electrons. The van der Waals surface area contributed by atoms with Gasteiger partial charge in [-0.25, -0.2) is 0 Å². The summed E-state index contributed by atoms with van der Waals surface area (Å²) in [5, 5.41) is 0. The molecule has 0 amide bonds. The summed E-state index contributed by atoms with van der Waals surface area (Å²) in [4.78, 5) is 14.4. The summed E-state index contributed by atoms with van der Waals surface area (Å²) < 4.78 is 0. The van der Waals surface area contributed by atoms with E-state index in [-0.39, 0.29) is 0 Å². The number of fused-ring (bicyclic) bond motifs is 2. The fourth-order valence-electron chi connectivity index (χ4n) is 3.77. The number of benzene rings is 1. The van der Waals surface area contributed by atoms with Gasteiger partial charge in [-0.1, -0.05) is 43.7 Å². The van der Waals surface area contributed by atoms with Crippen LogP contribution >= 0.6 is 0 Å². The van der Waals surface area contributed by atoms with Crippen molar-refractivity contribution in [2.24, 2.45) is 0 Å². The Morgan fingerprint density at radius 1 is 1.16 bits per heavy atom. The van der Waals surface area contributed by atoms with Crippen LogP contribution in [0.3, 0.4) is 0 Å². The van der Waals surface area contributed by atoms with Crippen LogP contribution in [0, 0.1) is 0 Å². The third kappa shape index (κ3) is 2.74. The molecule has 2 saturated heterocycles. The van der Waals surface area contributed by atoms with Gasteiger partial charge in [-0.15, -0.1) is 0 Å². The summed E-state index contributed by atoms with van der Waals surface area (Å²) in [5.41, 5.74) is 1.41. The van der Waals surface area contributed by atoms with Crippen LogP contribution in [0.15, 0.2) is 30.3 Å². The third-order valence-corrected chi connectivity index (χ3v) is 4.79. The molecule has 3 atom stereocenters. The lowest BCUT2D eigenvalue weighted by atomic mass is 9.82. The Hall–Kier alpha value is -1.15. The first-order valence-electron chi connectivity index (χ1n) is 7.56. The summed E-state index contributed by atoms with van der Waals surface area (Å²) in [6.07, 6.45) is 5.31. The largest absolute Gasteiger partial charge is 0.300 e. The van der Waals surface area contributed by atoms with Crippen LogP contribution in [0.5, 0.6) is 0 Å². The Morgan fingerprint density at radius 3 is 2.42 bits per heavy atom. The average molecular weight is 257 g/mol. The number of rotatable bonds is 3. The van der Waals surface area contributed by atoms with Crippen molar-refractivity contribution in [3.8, 4) is 0 Å². The van der Waals surface area contributed by atoms with E-state index < -0.39 is 0 Å². The maximum atomic E-state index is 11.8. The van der Waals surface area contributed by atoms with Gasteiger partial charge in [0.05, 0.1) is 0 Å². The summed E-state index contributed by atoms with van der Waals surface area (Å²) in [6, 6.07) is 11.8. The molecule has 0 aliphatic carbocycles. The van der Waals surface area contributed by atoms with E-state index in [1.807, 2.05) is 0 Å². The second-order valence-electron chi connectivity index (χ2n) is 6.19. The van der Waals surface area contributed by atoms with Gasteiger partial charge in [0.15, 0.2) is 0 Å². The van der Waals surface area contributed by atoms with E-state index in [1.165, 1.54) is 24.8 Å². The lowest BCUT2D eigenvalue weighted by molar-refractivity contribution is -0.127. The van der Waals surface area contributed by atoms with Crippen molar-refractivity contribution >= 4 is 5.78 Å². The van der Waals surface area contributed by atoms with E-state index in [0.717, 1.165) is 19.4 Å². The number of hydrogen-bond acceptors (Lipinski definition) is 2. The Balaban J connectivity index is 1.70. The minimum Gasteiger partial charge on any atom is -0.300 e. The monoisotopic (exact) mass is 257 g/mol. The Morgan fingerprint density at radius 2 is 1.79 bits per heavy atom. The highest BCUT2D eigenvalue weighted by Crippen LogP contribution is 2.34. The van der Waals surface area contributed by atoms with E-state index >= 15 is 0 Å². The van der Waals surface area contributed by atoms with Gasteiger partial charge in [-0.3, -0.25) is 9.69 Å². The van der Waals surface area contributed by atoms with Crippen molar-refractivity contribution in [2.75, 3.05) is 6.54 Å². The zero-order chi connectivity index (χ0) is 13.2. The predicted molar refractivity (Wildman–Crippen MR) is 77.2 cm³/mol. The Kier molecular flexibility index (Phi) is 3.69. The number of piperidine rings is 2. The minimum absolute atomic E-state index is 0.485. The van der Waals surface area contributed by atoms with Gasteiger partial charge in [0.25, 0.3) is 0 Å². The molecule has 2 nitrogen and oxygen atoms in total. The van der Waals surface area contributed by atoms with Crippen LogP contribution in [0.4, 0.5) is 0 Å². The van der Waals surface area contributed by atoms with Crippen LogP contribution in [-0.4, -0.2) is 29.3 Å². The fourth-order valence-corrected chi connectivity index (χ4v) is 3.77. The molecule has 0 spiro atoms. The molecule has 3 unspecified atom stereocenters. The van der Waals surface area contributed by atoms with Gasteiger partial charge in [-0.2, -0.15) is 0 Å². The van der Waals surface area contributed by atoms with Crippen LogP contribution in [0.25, 0.3) is 0 Å². The molecule has 2 aliphatic heterocycles. The SMILES string of the molecule is CC(CN1C2CCCC1CC(=O)C2)c1ccccc1. The molecular weight excluding hydrogens is 234 g/mol.